The first-order chi connectivity index (χ1) is 17.0. The van der Waals surface area contributed by atoms with E-state index in [2.05, 4.69) is 15.6 Å². The van der Waals surface area contributed by atoms with E-state index < -0.39 is 0 Å². The van der Waals surface area contributed by atoms with E-state index in [4.69, 9.17) is 16.3 Å². The van der Waals surface area contributed by atoms with Crippen LogP contribution in [-0.4, -0.2) is 29.7 Å². The Balaban J connectivity index is 1.24. The number of rotatable bonds is 9. The van der Waals surface area contributed by atoms with Crippen LogP contribution in [0.1, 0.15) is 5.56 Å². The smallest absolute Gasteiger partial charge is 0.236 e. The number of hydrogen-bond acceptors (Lipinski definition) is 6. The molecule has 178 valence electrons. The summed E-state index contributed by atoms with van der Waals surface area (Å²) in [6.07, 6.45) is 0.268. The second-order valence-electron chi connectivity index (χ2n) is 7.48. The number of nitrogens with one attached hydrogen (secondary N) is 2. The minimum absolute atomic E-state index is 0.108. The highest BCUT2D eigenvalue weighted by Gasteiger charge is 2.10. The van der Waals surface area contributed by atoms with Crippen LogP contribution in [0.15, 0.2) is 83.1 Å². The number of amides is 2. The fourth-order valence-electron chi connectivity index (χ4n) is 3.18. The van der Waals surface area contributed by atoms with E-state index in [1.54, 1.807) is 19.2 Å². The Morgan fingerprint density at radius 1 is 1.00 bits per heavy atom. The molecule has 0 bridgehead atoms. The first-order valence-electron chi connectivity index (χ1n) is 10.7. The van der Waals surface area contributed by atoms with Crippen LogP contribution in [0.4, 0.5) is 10.8 Å². The molecule has 0 atom stereocenters. The number of methoxy groups -OCH3 is 1. The molecule has 9 heteroatoms. The van der Waals surface area contributed by atoms with Gasteiger partial charge in [0.25, 0.3) is 0 Å². The molecule has 1 heterocycles. The molecule has 0 saturated carbocycles. The monoisotopic (exact) mass is 523 g/mol. The van der Waals surface area contributed by atoms with Gasteiger partial charge in [-0.3, -0.25) is 9.59 Å². The highest BCUT2D eigenvalue weighted by molar-refractivity contribution is 8.00. The third kappa shape index (κ3) is 7.32. The topological polar surface area (TPSA) is 80.3 Å². The molecule has 0 aliphatic rings. The van der Waals surface area contributed by atoms with Crippen molar-refractivity contribution in [1.29, 1.82) is 0 Å². The summed E-state index contributed by atoms with van der Waals surface area (Å²) in [6.45, 7) is 0. The number of benzene rings is 3. The van der Waals surface area contributed by atoms with E-state index >= 15 is 0 Å². The number of nitrogens with zero attached hydrogens (tertiary/aromatic N) is 1. The number of hydrogen-bond donors (Lipinski definition) is 2. The van der Waals surface area contributed by atoms with Crippen LogP contribution >= 0.6 is 34.7 Å². The number of anilines is 2. The molecular formula is C26H22ClN3O3S2. The van der Waals surface area contributed by atoms with Gasteiger partial charge in [-0.05, 0) is 54.1 Å². The molecule has 0 fully saturated rings. The van der Waals surface area contributed by atoms with Crippen molar-refractivity contribution in [3.63, 3.8) is 0 Å². The minimum Gasteiger partial charge on any atom is -0.497 e. The van der Waals surface area contributed by atoms with Crippen molar-refractivity contribution >= 4 is 57.3 Å². The summed E-state index contributed by atoms with van der Waals surface area (Å²) in [5.41, 5.74) is 3.30. The summed E-state index contributed by atoms with van der Waals surface area (Å²) in [7, 11) is 1.62. The number of thioether (sulfide) groups is 1. The van der Waals surface area contributed by atoms with Crippen molar-refractivity contribution in [2.45, 2.75) is 11.3 Å². The predicted molar refractivity (Wildman–Crippen MR) is 144 cm³/mol. The van der Waals surface area contributed by atoms with Gasteiger partial charge in [-0.2, -0.15) is 0 Å². The minimum atomic E-state index is -0.137. The lowest BCUT2D eigenvalue weighted by atomic mass is 10.1. The fraction of sp³-hybridized carbons (Fsp3) is 0.115. The van der Waals surface area contributed by atoms with E-state index in [-0.39, 0.29) is 24.0 Å². The maximum atomic E-state index is 12.4. The van der Waals surface area contributed by atoms with Crippen LogP contribution in [0.25, 0.3) is 11.3 Å². The zero-order valence-corrected chi connectivity index (χ0v) is 21.2. The third-order valence-electron chi connectivity index (χ3n) is 4.90. The van der Waals surface area contributed by atoms with Crippen molar-refractivity contribution in [1.82, 2.24) is 4.98 Å². The summed E-state index contributed by atoms with van der Waals surface area (Å²) in [5.74, 6) is 0.756. The van der Waals surface area contributed by atoms with E-state index in [1.165, 1.54) is 23.1 Å². The molecule has 2 amide bonds. The van der Waals surface area contributed by atoms with Crippen molar-refractivity contribution in [2.75, 3.05) is 23.5 Å². The lowest BCUT2D eigenvalue weighted by molar-refractivity contribution is -0.115. The molecule has 0 saturated heterocycles. The van der Waals surface area contributed by atoms with Crippen LogP contribution < -0.4 is 15.4 Å². The highest BCUT2D eigenvalue weighted by Crippen LogP contribution is 2.28. The molecule has 4 aromatic rings. The van der Waals surface area contributed by atoms with Crippen LogP contribution in [0.5, 0.6) is 5.75 Å². The average Bonchev–Trinajstić information content (AvgIpc) is 3.33. The molecular weight excluding hydrogens is 502 g/mol. The molecule has 0 spiro atoms. The fourth-order valence-corrected chi connectivity index (χ4v) is 4.74. The molecule has 4 rings (SSSR count). The molecule has 2 N–H and O–H groups in total. The molecule has 6 nitrogen and oxygen atoms in total. The Morgan fingerprint density at radius 2 is 1.77 bits per heavy atom. The second kappa shape index (κ2) is 11.9. The van der Waals surface area contributed by atoms with E-state index in [0.29, 0.717) is 15.8 Å². The third-order valence-corrected chi connectivity index (χ3v) is 6.92. The Hall–Kier alpha value is -3.33. The molecule has 0 unspecified atom stereocenters. The number of carbonyl (C=O) groups is 2. The number of thiazole rings is 1. The van der Waals surface area contributed by atoms with E-state index in [0.717, 1.165) is 27.5 Å². The first-order valence-corrected chi connectivity index (χ1v) is 12.9. The van der Waals surface area contributed by atoms with Gasteiger partial charge in [-0.1, -0.05) is 35.9 Å². The van der Waals surface area contributed by atoms with Gasteiger partial charge >= 0.3 is 0 Å². The maximum Gasteiger partial charge on any atom is 0.236 e. The van der Waals surface area contributed by atoms with E-state index in [1.807, 2.05) is 66.0 Å². The summed E-state index contributed by atoms with van der Waals surface area (Å²) >= 11 is 8.67. The highest BCUT2D eigenvalue weighted by atomic mass is 35.5. The largest absolute Gasteiger partial charge is 0.497 e. The number of aromatic nitrogens is 1. The Bertz CT molecular complexity index is 1310. The predicted octanol–water partition coefficient (Wildman–Crippen LogP) is 6.38. The van der Waals surface area contributed by atoms with Crippen LogP contribution in [-0.2, 0) is 16.0 Å². The van der Waals surface area contributed by atoms with Gasteiger partial charge in [-0.15, -0.1) is 23.1 Å². The number of carbonyl (C=O) groups excluding carboxylic acids is 2. The van der Waals surface area contributed by atoms with Gasteiger partial charge < -0.3 is 15.4 Å². The molecule has 3 aromatic carbocycles. The Labute approximate surface area is 216 Å². The molecule has 1 aromatic heterocycles. The molecule has 0 aliphatic carbocycles. The van der Waals surface area contributed by atoms with Gasteiger partial charge in [0.2, 0.25) is 11.8 Å². The van der Waals surface area contributed by atoms with Gasteiger partial charge in [0.05, 0.1) is 25.0 Å². The first kappa shape index (κ1) is 24.8. The molecule has 0 radical (unpaired) electrons. The Morgan fingerprint density at radius 3 is 2.51 bits per heavy atom. The van der Waals surface area contributed by atoms with Crippen molar-refractivity contribution in [3.8, 4) is 17.0 Å². The quantitative estimate of drug-likeness (QED) is 0.249. The van der Waals surface area contributed by atoms with Gasteiger partial charge in [0.1, 0.15) is 5.75 Å². The van der Waals surface area contributed by atoms with Gasteiger partial charge in [-0.25, -0.2) is 4.98 Å². The van der Waals surface area contributed by atoms with Crippen LogP contribution in [0.3, 0.4) is 0 Å². The normalized spacial score (nSPS) is 10.6. The molecule has 0 aliphatic heterocycles. The summed E-state index contributed by atoms with van der Waals surface area (Å²) < 4.78 is 5.25. The lowest BCUT2D eigenvalue weighted by Crippen LogP contribution is -2.14. The standard InChI is InChI=1S/C26H22ClN3O3S2/c1-33-21-4-2-3-18(14-21)23-15-35-26(29-23)30-25(32)16-34-22-11-9-20(10-12-22)28-24(31)13-17-5-7-19(27)8-6-17/h2-12,14-15H,13,16H2,1H3,(H,28,31)(H,29,30,32). The average molecular weight is 524 g/mol. The zero-order valence-electron chi connectivity index (χ0n) is 18.8. The van der Waals surface area contributed by atoms with Crippen molar-refractivity contribution in [2.24, 2.45) is 0 Å². The second-order valence-corrected chi connectivity index (χ2v) is 9.83. The van der Waals surface area contributed by atoms with Gasteiger partial charge in [0.15, 0.2) is 5.13 Å². The van der Waals surface area contributed by atoms with Crippen LogP contribution in [0.2, 0.25) is 5.02 Å². The number of ether oxygens (including phenoxy) is 1. The summed E-state index contributed by atoms with van der Waals surface area (Å²) in [4.78, 5) is 30.1. The molecule has 35 heavy (non-hydrogen) atoms. The van der Waals surface area contributed by atoms with Crippen molar-refractivity contribution in [3.05, 3.63) is 88.8 Å². The zero-order chi connectivity index (χ0) is 24.6. The van der Waals surface area contributed by atoms with Crippen molar-refractivity contribution < 1.29 is 14.3 Å². The lowest BCUT2D eigenvalue weighted by Gasteiger charge is -2.07. The summed E-state index contributed by atoms with van der Waals surface area (Å²) in [6, 6.07) is 22.2. The number of halogens is 1. The van der Waals surface area contributed by atoms with Crippen LogP contribution in [0, 0.1) is 0 Å². The van der Waals surface area contributed by atoms with E-state index in [9.17, 15) is 9.59 Å². The SMILES string of the molecule is COc1cccc(-c2csc(NC(=O)CSc3ccc(NC(=O)Cc4ccc(Cl)cc4)cc3)n2)c1. The maximum absolute atomic E-state index is 12.4. The Kier molecular flexibility index (Phi) is 8.41. The summed E-state index contributed by atoms with van der Waals surface area (Å²) in [5, 5.41) is 8.81. The van der Waals surface area contributed by atoms with Gasteiger partial charge in [0, 0.05) is 26.5 Å².